The standard InChI is InChI=1S/C17H23NO6/c1-3-6-11-7-4-5-8-12(11)23-17-14(18-10(2)20)16(22)15(21)13(9-19)24-17/h3-5,7-8,13-17,19,21-22H,1,6,9H2,2H3,(H,18,20)/t13-,14+,15-,16+,17+/m1/s1. The van der Waals surface area contributed by atoms with Crippen LogP contribution in [0.3, 0.4) is 0 Å². The van der Waals surface area contributed by atoms with Crippen LogP contribution in [0.25, 0.3) is 0 Å². The van der Waals surface area contributed by atoms with Crippen LogP contribution in [-0.4, -0.2) is 58.5 Å². The van der Waals surface area contributed by atoms with Gasteiger partial charge in [-0.15, -0.1) is 6.58 Å². The van der Waals surface area contributed by atoms with Gasteiger partial charge in [-0.2, -0.15) is 0 Å². The Balaban J connectivity index is 2.26. The molecule has 132 valence electrons. The molecule has 1 aromatic carbocycles. The number of carbonyl (C=O) groups is 1. The van der Waals surface area contributed by atoms with Crippen LogP contribution in [0.15, 0.2) is 36.9 Å². The van der Waals surface area contributed by atoms with Crippen molar-refractivity contribution in [3.05, 3.63) is 42.5 Å². The molecule has 0 bridgehead atoms. The smallest absolute Gasteiger partial charge is 0.223 e. The average Bonchev–Trinajstić information content (AvgIpc) is 2.56. The lowest BCUT2D eigenvalue weighted by atomic mass is 9.97. The molecular weight excluding hydrogens is 314 g/mol. The number of aliphatic hydroxyl groups is 3. The Labute approximate surface area is 140 Å². The van der Waals surface area contributed by atoms with Crippen LogP contribution in [0, 0.1) is 0 Å². The van der Waals surface area contributed by atoms with Crippen LogP contribution in [0.4, 0.5) is 0 Å². The summed E-state index contributed by atoms with van der Waals surface area (Å²) >= 11 is 0. The van der Waals surface area contributed by atoms with Gasteiger partial charge in [0.05, 0.1) is 6.61 Å². The summed E-state index contributed by atoms with van der Waals surface area (Å²) in [6.45, 7) is 4.50. The van der Waals surface area contributed by atoms with Gasteiger partial charge in [0, 0.05) is 6.92 Å². The fourth-order valence-electron chi connectivity index (χ4n) is 2.64. The molecule has 2 rings (SSSR count). The third kappa shape index (κ3) is 4.12. The summed E-state index contributed by atoms with van der Waals surface area (Å²) in [7, 11) is 0. The van der Waals surface area contributed by atoms with E-state index in [1.54, 1.807) is 18.2 Å². The number of allylic oxidation sites excluding steroid dienone is 1. The number of aliphatic hydroxyl groups excluding tert-OH is 3. The molecular formula is C17H23NO6. The minimum Gasteiger partial charge on any atom is -0.462 e. The molecule has 1 saturated heterocycles. The molecule has 0 spiro atoms. The number of rotatable bonds is 6. The SMILES string of the molecule is C=CCc1ccccc1O[C@H]1O[C@H](CO)[C@@H](O)[C@@H](O)[C@@H]1NC(C)=O. The van der Waals surface area contributed by atoms with Crippen LogP contribution in [0.1, 0.15) is 12.5 Å². The van der Waals surface area contributed by atoms with Crippen LogP contribution in [-0.2, 0) is 16.0 Å². The van der Waals surface area contributed by atoms with Gasteiger partial charge in [0.1, 0.15) is 30.1 Å². The predicted octanol–water partition coefficient (Wildman–Crippen LogP) is -0.262. The highest BCUT2D eigenvalue weighted by Crippen LogP contribution is 2.27. The fraction of sp³-hybridized carbons (Fsp3) is 0.471. The molecule has 7 heteroatoms. The van der Waals surface area contributed by atoms with Gasteiger partial charge in [-0.25, -0.2) is 0 Å². The van der Waals surface area contributed by atoms with Gasteiger partial charge in [-0.3, -0.25) is 4.79 Å². The summed E-state index contributed by atoms with van der Waals surface area (Å²) in [5.41, 5.74) is 0.860. The van der Waals surface area contributed by atoms with Gasteiger partial charge in [-0.1, -0.05) is 24.3 Å². The third-order valence-electron chi connectivity index (χ3n) is 3.83. The van der Waals surface area contributed by atoms with Crippen molar-refractivity contribution in [2.45, 2.75) is 44.0 Å². The fourth-order valence-corrected chi connectivity index (χ4v) is 2.64. The summed E-state index contributed by atoms with van der Waals surface area (Å²) in [6.07, 6.45) is -2.45. The zero-order valence-corrected chi connectivity index (χ0v) is 13.5. The largest absolute Gasteiger partial charge is 0.462 e. The molecule has 5 atom stereocenters. The normalized spacial score (nSPS) is 29.8. The maximum atomic E-state index is 11.4. The molecule has 1 fully saturated rings. The Bertz CT molecular complexity index is 578. The number of hydrogen-bond acceptors (Lipinski definition) is 6. The molecule has 0 saturated carbocycles. The second kappa shape index (κ2) is 8.25. The Morgan fingerprint density at radius 1 is 1.38 bits per heavy atom. The second-order valence-electron chi connectivity index (χ2n) is 5.65. The minimum absolute atomic E-state index is 0.398. The topological polar surface area (TPSA) is 108 Å². The van der Waals surface area contributed by atoms with Gasteiger partial charge in [0.2, 0.25) is 12.2 Å². The first-order valence-electron chi connectivity index (χ1n) is 7.73. The molecule has 1 aliphatic heterocycles. The van der Waals surface area contributed by atoms with E-state index in [9.17, 15) is 20.1 Å². The van der Waals surface area contributed by atoms with Crippen molar-refractivity contribution in [1.29, 1.82) is 0 Å². The van der Waals surface area contributed by atoms with Gasteiger partial charge in [0.15, 0.2) is 0 Å². The van der Waals surface area contributed by atoms with Gasteiger partial charge >= 0.3 is 0 Å². The number of carbonyl (C=O) groups excluding carboxylic acids is 1. The number of para-hydroxylation sites is 1. The van der Waals surface area contributed by atoms with E-state index in [0.717, 1.165) is 5.56 Å². The molecule has 1 heterocycles. The Kier molecular flexibility index (Phi) is 6.33. The van der Waals surface area contributed by atoms with Gasteiger partial charge in [0.25, 0.3) is 0 Å². The molecule has 0 radical (unpaired) electrons. The first kappa shape index (κ1) is 18.4. The molecule has 0 unspecified atom stereocenters. The van der Waals surface area contributed by atoms with Crippen molar-refractivity contribution < 1.29 is 29.6 Å². The molecule has 24 heavy (non-hydrogen) atoms. The van der Waals surface area contributed by atoms with E-state index in [1.807, 2.05) is 12.1 Å². The number of ether oxygens (including phenoxy) is 2. The van der Waals surface area contributed by atoms with E-state index in [-0.39, 0.29) is 0 Å². The van der Waals surface area contributed by atoms with Gasteiger partial charge in [-0.05, 0) is 18.1 Å². The average molecular weight is 337 g/mol. The molecule has 1 aromatic rings. The first-order chi connectivity index (χ1) is 11.5. The van der Waals surface area contributed by atoms with E-state index >= 15 is 0 Å². The van der Waals surface area contributed by atoms with E-state index in [4.69, 9.17) is 9.47 Å². The monoisotopic (exact) mass is 337 g/mol. The van der Waals surface area contributed by atoms with Crippen molar-refractivity contribution in [3.63, 3.8) is 0 Å². The van der Waals surface area contributed by atoms with Gasteiger partial charge < -0.3 is 30.1 Å². The Hall–Kier alpha value is -1.93. The Morgan fingerprint density at radius 2 is 2.08 bits per heavy atom. The lowest BCUT2D eigenvalue weighted by Gasteiger charge is -2.42. The van der Waals surface area contributed by atoms with Crippen molar-refractivity contribution in [2.24, 2.45) is 0 Å². The molecule has 4 N–H and O–H groups in total. The van der Waals surface area contributed by atoms with E-state index < -0.39 is 43.2 Å². The highest BCUT2D eigenvalue weighted by atomic mass is 16.7. The summed E-state index contributed by atoms with van der Waals surface area (Å²) in [5, 5.41) is 32.1. The first-order valence-corrected chi connectivity index (χ1v) is 7.73. The third-order valence-corrected chi connectivity index (χ3v) is 3.83. The van der Waals surface area contributed by atoms with Crippen molar-refractivity contribution in [3.8, 4) is 5.75 Å². The summed E-state index contributed by atoms with van der Waals surface area (Å²) in [4.78, 5) is 11.4. The predicted molar refractivity (Wildman–Crippen MR) is 86.3 cm³/mol. The molecule has 1 amide bonds. The summed E-state index contributed by atoms with van der Waals surface area (Å²) in [5.74, 6) is 0.114. The van der Waals surface area contributed by atoms with Crippen LogP contribution >= 0.6 is 0 Å². The molecule has 0 aliphatic carbocycles. The van der Waals surface area contributed by atoms with Crippen molar-refractivity contribution in [2.75, 3.05) is 6.61 Å². The molecule has 1 aliphatic rings. The van der Waals surface area contributed by atoms with Crippen molar-refractivity contribution >= 4 is 5.91 Å². The molecule has 0 aromatic heterocycles. The number of amides is 1. The lowest BCUT2D eigenvalue weighted by molar-refractivity contribution is -0.244. The maximum Gasteiger partial charge on any atom is 0.223 e. The highest BCUT2D eigenvalue weighted by molar-refractivity contribution is 5.73. The van der Waals surface area contributed by atoms with Crippen LogP contribution < -0.4 is 10.1 Å². The number of nitrogens with one attached hydrogen (secondary N) is 1. The quantitative estimate of drug-likeness (QED) is 0.533. The second-order valence-corrected chi connectivity index (χ2v) is 5.65. The zero-order valence-electron chi connectivity index (χ0n) is 13.5. The lowest BCUT2D eigenvalue weighted by Crippen LogP contribution is -2.65. The van der Waals surface area contributed by atoms with Crippen molar-refractivity contribution in [1.82, 2.24) is 5.32 Å². The summed E-state index contributed by atoms with van der Waals surface area (Å²) in [6, 6.07) is 6.26. The Morgan fingerprint density at radius 3 is 2.71 bits per heavy atom. The van der Waals surface area contributed by atoms with E-state index in [2.05, 4.69) is 11.9 Å². The highest BCUT2D eigenvalue weighted by Gasteiger charge is 2.46. The number of benzene rings is 1. The van der Waals surface area contributed by atoms with E-state index in [1.165, 1.54) is 6.92 Å². The van der Waals surface area contributed by atoms with E-state index in [0.29, 0.717) is 12.2 Å². The zero-order chi connectivity index (χ0) is 17.7. The maximum absolute atomic E-state index is 11.4. The minimum atomic E-state index is -1.34. The molecule has 7 nitrogen and oxygen atoms in total. The summed E-state index contributed by atoms with van der Waals surface area (Å²) < 4.78 is 11.4. The number of hydrogen-bond donors (Lipinski definition) is 4. The van der Waals surface area contributed by atoms with Crippen LogP contribution in [0.5, 0.6) is 5.75 Å². The van der Waals surface area contributed by atoms with Crippen LogP contribution in [0.2, 0.25) is 0 Å².